The van der Waals surface area contributed by atoms with Gasteiger partial charge >= 0.3 is 5.97 Å². The maximum absolute atomic E-state index is 11.6. The van der Waals surface area contributed by atoms with Gasteiger partial charge in [0.1, 0.15) is 0 Å². The predicted octanol–water partition coefficient (Wildman–Crippen LogP) is 1.96. The van der Waals surface area contributed by atoms with Gasteiger partial charge in [-0.15, -0.1) is 0 Å². The number of cyclic esters (lactones) is 1. The Hall–Kier alpha value is -1.13. The minimum absolute atomic E-state index is 0.0246. The summed E-state index contributed by atoms with van der Waals surface area (Å²) in [6, 6.07) is 0. The molecule has 0 aromatic carbocycles. The van der Waals surface area contributed by atoms with Crippen LogP contribution in [0.5, 0.6) is 0 Å². The fraction of sp³-hybridized carbons (Fsp3) is 0.688. The Morgan fingerprint density at radius 3 is 2.85 bits per heavy atom. The number of hydrogen-bond donors (Lipinski definition) is 2. The van der Waals surface area contributed by atoms with E-state index in [-0.39, 0.29) is 24.0 Å². The van der Waals surface area contributed by atoms with Gasteiger partial charge in [-0.05, 0) is 56.9 Å². The second-order valence-corrected chi connectivity index (χ2v) is 5.91. The van der Waals surface area contributed by atoms with Crippen molar-refractivity contribution in [2.24, 2.45) is 11.8 Å². The number of aliphatic hydroxyl groups is 2. The number of fused-ring (bicyclic) bond motifs is 1. The summed E-state index contributed by atoms with van der Waals surface area (Å²) >= 11 is 0. The van der Waals surface area contributed by atoms with E-state index in [2.05, 4.69) is 12.2 Å². The first kappa shape index (κ1) is 15.3. The fourth-order valence-electron chi connectivity index (χ4n) is 3.10. The highest BCUT2D eigenvalue weighted by atomic mass is 16.5. The second kappa shape index (κ2) is 7.04. The topological polar surface area (TPSA) is 66.8 Å². The van der Waals surface area contributed by atoms with E-state index < -0.39 is 12.1 Å². The lowest BCUT2D eigenvalue weighted by Gasteiger charge is -2.19. The Morgan fingerprint density at radius 1 is 1.25 bits per heavy atom. The van der Waals surface area contributed by atoms with Gasteiger partial charge in [0, 0.05) is 6.08 Å². The van der Waals surface area contributed by atoms with Crippen LogP contribution in [0.4, 0.5) is 0 Å². The standard InChI is InChI=1S/C16H24O4/c1-11-5-3-2-4-6-12-9-13(17)10-14(12)15(18)7-8-16(19)20-11/h4,6-8,11-15,17-18H,2-3,5,9-10H2,1H3/b6-4-,8-7-/t11-,12-,13+,14-,15-/m0/s1. The lowest BCUT2D eigenvalue weighted by atomic mass is 9.90. The van der Waals surface area contributed by atoms with E-state index in [1.165, 1.54) is 12.2 Å². The van der Waals surface area contributed by atoms with Crippen LogP contribution >= 0.6 is 0 Å². The van der Waals surface area contributed by atoms with E-state index in [1.807, 2.05) is 6.92 Å². The average Bonchev–Trinajstić information content (AvgIpc) is 2.76. The molecule has 2 aliphatic rings. The van der Waals surface area contributed by atoms with E-state index in [4.69, 9.17) is 4.74 Å². The van der Waals surface area contributed by atoms with Gasteiger partial charge in [-0.3, -0.25) is 0 Å². The number of esters is 1. The summed E-state index contributed by atoms with van der Waals surface area (Å²) in [5.41, 5.74) is 0. The van der Waals surface area contributed by atoms with Crippen LogP contribution < -0.4 is 0 Å². The van der Waals surface area contributed by atoms with E-state index in [0.717, 1.165) is 19.3 Å². The van der Waals surface area contributed by atoms with Crippen molar-refractivity contribution in [1.82, 2.24) is 0 Å². The van der Waals surface area contributed by atoms with Gasteiger partial charge in [0.05, 0.1) is 18.3 Å². The molecule has 2 N–H and O–H groups in total. The molecule has 0 aromatic heterocycles. The molecule has 4 heteroatoms. The summed E-state index contributed by atoms with van der Waals surface area (Å²) in [5.74, 6) is -0.249. The van der Waals surface area contributed by atoms with Crippen LogP contribution in [0.3, 0.4) is 0 Å². The number of allylic oxidation sites excluding steroid dienone is 2. The molecule has 0 saturated heterocycles. The SMILES string of the molecule is C[C@H]1CCC/C=C\[C@H]2C[C@@H](O)C[C@@H]2[C@@H](O)/C=C\C(=O)O1. The quantitative estimate of drug-likeness (QED) is 0.526. The minimum atomic E-state index is -0.717. The maximum atomic E-state index is 11.6. The summed E-state index contributed by atoms with van der Waals surface area (Å²) in [7, 11) is 0. The highest BCUT2D eigenvalue weighted by Gasteiger charge is 2.35. The van der Waals surface area contributed by atoms with Gasteiger partial charge in [0.2, 0.25) is 0 Å². The molecular formula is C16H24O4. The molecule has 5 atom stereocenters. The summed E-state index contributed by atoms with van der Waals surface area (Å²) in [6.45, 7) is 1.89. The smallest absolute Gasteiger partial charge is 0.330 e. The Kier molecular flexibility index (Phi) is 5.38. The zero-order valence-corrected chi connectivity index (χ0v) is 11.9. The largest absolute Gasteiger partial charge is 0.460 e. The molecule has 2 rings (SSSR count). The highest BCUT2D eigenvalue weighted by Crippen LogP contribution is 2.36. The molecule has 0 amide bonds. The van der Waals surface area contributed by atoms with E-state index >= 15 is 0 Å². The van der Waals surface area contributed by atoms with Crippen molar-refractivity contribution in [3.05, 3.63) is 24.3 Å². The normalized spacial score (nSPS) is 42.5. The van der Waals surface area contributed by atoms with Crippen LogP contribution in [0.25, 0.3) is 0 Å². The van der Waals surface area contributed by atoms with Crippen molar-refractivity contribution in [3.63, 3.8) is 0 Å². The Morgan fingerprint density at radius 2 is 2.05 bits per heavy atom. The molecule has 0 bridgehead atoms. The Labute approximate surface area is 120 Å². The Balaban J connectivity index is 2.11. The summed E-state index contributed by atoms with van der Waals surface area (Å²) in [5, 5.41) is 20.0. The van der Waals surface area contributed by atoms with Crippen LogP contribution in [-0.4, -0.2) is 34.5 Å². The molecular weight excluding hydrogens is 256 g/mol. The van der Waals surface area contributed by atoms with Crippen LogP contribution in [0.15, 0.2) is 24.3 Å². The molecule has 0 spiro atoms. The predicted molar refractivity (Wildman–Crippen MR) is 75.9 cm³/mol. The maximum Gasteiger partial charge on any atom is 0.330 e. The first-order valence-electron chi connectivity index (χ1n) is 7.48. The number of carbonyl (C=O) groups excluding carboxylic acids is 1. The van der Waals surface area contributed by atoms with Gasteiger partial charge in [-0.1, -0.05) is 12.2 Å². The van der Waals surface area contributed by atoms with Crippen LogP contribution in [-0.2, 0) is 9.53 Å². The first-order valence-corrected chi connectivity index (χ1v) is 7.48. The second-order valence-electron chi connectivity index (χ2n) is 5.91. The lowest BCUT2D eigenvalue weighted by molar-refractivity contribution is -0.142. The van der Waals surface area contributed by atoms with Crippen LogP contribution in [0, 0.1) is 11.8 Å². The summed E-state index contributed by atoms with van der Waals surface area (Å²) in [4.78, 5) is 11.6. The van der Waals surface area contributed by atoms with Crippen LogP contribution in [0.1, 0.15) is 39.0 Å². The molecule has 1 aliphatic carbocycles. The molecule has 112 valence electrons. The van der Waals surface area contributed by atoms with Gasteiger partial charge in [0.25, 0.3) is 0 Å². The van der Waals surface area contributed by atoms with Crippen molar-refractivity contribution in [1.29, 1.82) is 0 Å². The third-order valence-corrected chi connectivity index (χ3v) is 4.19. The first-order chi connectivity index (χ1) is 9.56. The summed E-state index contributed by atoms with van der Waals surface area (Å²) in [6.07, 6.45) is 9.87. The van der Waals surface area contributed by atoms with Crippen molar-refractivity contribution in [2.45, 2.75) is 57.3 Å². The average molecular weight is 280 g/mol. The van der Waals surface area contributed by atoms with Crippen molar-refractivity contribution in [3.8, 4) is 0 Å². The number of aliphatic hydroxyl groups excluding tert-OH is 2. The van der Waals surface area contributed by atoms with Gasteiger partial charge < -0.3 is 14.9 Å². The number of hydrogen-bond acceptors (Lipinski definition) is 4. The van der Waals surface area contributed by atoms with Gasteiger partial charge in [0.15, 0.2) is 0 Å². The molecule has 1 heterocycles. The monoisotopic (exact) mass is 280 g/mol. The third-order valence-electron chi connectivity index (χ3n) is 4.19. The number of carbonyl (C=O) groups is 1. The van der Waals surface area contributed by atoms with Gasteiger partial charge in [-0.25, -0.2) is 4.79 Å². The van der Waals surface area contributed by atoms with Gasteiger partial charge in [-0.2, -0.15) is 0 Å². The van der Waals surface area contributed by atoms with E-state index in [1.54, 1.807) is 0 Å². The molecule has 20 heavy (non-hydrogen) atoms. The molecule has 1 aliphatic heterocycles. The fourth-order valence-corrected chi connectivity index (χ4v) is 3.10. The van der Waals surface area contributed by atoms with Crippen molar-refractivity contribution in [2.75, 3.05) is 0 Å². The van der Waals surface area contributed by atoms with Crippen LogP contribution in [0.2, 0.25) is 0 Å². The molecule has 4 nitrogen and oxygen atoms in total. The Bertz CT molecular complexity index is 388. The van der Waals surface area contributed by atoms with Crippen molar-refractivity contribution >= 4 is 5.97 Å². The highest BCUT2D eigenvalue weighted by molar-refractivity contribution is 5.82. The molecule has 0 aromatic rings. The molecule has 1 fully saturated rings. The number of rotatable bonds is 0. The summed E-state index contributed by atoms with van der Waals surface area (Å²) < 4.78 is 5.23. The minimum Gasteiger partial charge on any atom is -0.460 e. The number of ether oxygens (including phenoxy) is 1. The lowest BCUT2D eigenvalue weighted by Crippen LogP contribution is -2.21. The zero-order valence-electron chi connectivity index (χ0n) is 11.9. The molecule has 0 radical (unpaired) electrons. The van der Waals surface area contributed by atoms with E-state index in [9.17, 15) is 15.0 Å². The molecule has 1 saturated carbocycles. The molecule has 0 unspecified atom stereocenters. The van der Waals surface area contributed by atoms with Crippen molar-refractivity contribution < 1.29 is 19.7 Å². The van der Waals surface area contributed by atoms with E-state index in [0.29, 0.717) is 12.8 Å². The zero-order chi connectivity index (χ0) is 14.5. The third kappa shape index (κ3) is 4.18.